The van der Waals surface area contributed by atoms with E-state index in [0.717, 1.165) is 34.6 Å². The quantitative estimate of drug-likeness (QED) is 0.580. The fourth-order valence-electron chi connectivity index (χ4n) is 3.61. The molecule has 1 saturated heterocycles. The second-order valence-electron chi connectivity index (χ2n) is 6.19. The van der Waals surface area contributed by atoms with Gasteiger partial charge in [-0.15, -0.1) is 0 Å². The number of carbonyl (C=O) groups excluding carboxylic acids is 3. The van der Waals surface area contributed by atoms with Gasteiger partial charge in [-0.1, -0.05) is 12.1 Å². The van der Waals surface area contributed by atoms with Crippen LogP contribution >= 0.6 is 0 Å². The van der Waals surface area contributed by atoms with Crippen molar-refractivity contribution in [2.24, 2.45) is 0 Å². The average molecular weight is 317 g/mol. The molecule has 0 aliphatic carbocycles. The Kier molecular flexibility index (Phi) is 3.02. The van der Waals surface area contributed by atoms with E-state index in [4.69, 9.17) is 0 Å². The van der Waals surface area contributed by atoms with Crippen molar-refractivity contribution in [3.8, 4) is 0 Å². The molecule has 1 aromatic carbocycles. The molecule has 1 unspecified atom stereocenters. The van der Waals surface area contributed by atoms with E-state index in [0.29, 0.717) is 12.1 Å². The molecule has 0 spiro atoms. The molecule has 3 amide bonds. The first-order valence-electron chi connectivity index (χ1n) is 7.70. The lowest BCUT2D eigenvalue weighted by Gasteiger charge is -2.35. The Morgan fingerprint density at radius 1 is 1.13 bits per heavy atom. The van der Waals surface area contributed by atoms with E-state index in [2.05, 4.69) is 5.32 Å². The van der Waals surface area contributed by atoms with Crippen LogP contribution in [0.4, 0.5) is 4.39 Å². The van der Waals surface area contributed by atoms with Gasteiger partial charge in [0.05, 0.1) is 6.54 Å². The molecule has 1 atom stereocenters. The van der Waals surface area contributed by atoms with E-state index in [1.54, 1.807) is 0 Å². The number of piperidine rings is 1. The number of benzene rings is 1. The molecule has 2 N–H and O–H groups in total. The highest BCUT2D eigenvalue weighted by molar-refractivity contribution is 6.07. The topological polar surface area (TPSA) is 78.5 Å². The van der Waals surface area contributed by atoms with Gasteiger partial charge in [0.15, 0.2) is 0 Å². The second-order valence-corrected chi connectivity index (χ2v) is 6.19. The van der Waals surface area contributed by atoms with Crippen LogP contribution in [0.25, 0.3) is 0 Å². The molecule has 0 bridgehead atoms. The smallest absolute Gasteiger partial charge is 0.285 e. The number of nitrogens with one attached hydrogen (secondary N) is 2. The Hall–Kier alpha value is -2.28. The Morgan fingerprint density at radius 3 is 2.70 bits per heavy atom. The zero-order chi connectivity index (χ0) is 16.2. The maximum Gasteiger partial charge on any atom is 0.285 e. The van der Waals surface area contributed by atoms with E-state index in [1.165, 1.54) is 0 Å². The van der Waals surface area contributed by atoms with Gasteiger partial charge in [-0.3, -0.25) is 24.6 Å². The lowest BCUT2D eigenvalue weighted by molar-refractivity contribution is -0.154. The van der Waals surface area contributed by atoms with E-state index in [-0.39, 0.29) is 19.4 Å². The summed E-state index contributed by atoms with van der Waals surface area (Å²) >= 11 is 0. The van der Waals surface area contributed by atoms with Crippen molar-refractivity contribution in [2.45, 2.75) is 38.1 Å². The van der Waals surface area contributed by atoms with Gasteiger partial charge in [-0.2, -0.15) is 0 Å². The molecule has 0 radical (unpaired) electrons. The Morgan fingerprint density at radius 2 is 1.91 bits per heavy atom. The minimum Gasteiger partial charge on any atom is -0.312 e. The largest absolute Gasteiger partial charge is 0.312 e. The Bertz CT molecular complexity index is 748. The molecular formula is C16H16FN3O3. The predicted molar refractivity (Wildman–Crippen MR) is 77.9 cm³/mol. The first-order chi connectivity index (χ1) is 11.0. The third-order valence-electron chi connectivity index (χ3n) is 4.87. The summed E-state index contributed by atoms with van der Waals surface area (Å²) < 4.78 is 15.2. The van der Waals surface area contributed by atoms with Crippen molar-refractivity contribution in [3.05, 3.63) is 34.4 Å². The van der Waals surface area contributed by atoms with E-state index in [1.807, 2.05) is 17.4 Å². The number of hydrogen-bond donors (Lipinski definition) is 2. The number of carbonyl (C=O) groups is 3. The lowest BCUT2D eigenvalue weighted by atomic mass is 9.93. The van der Waals surface area contributed by atoms with E-state index < -0.39 is 23.5 Å². The summed E-state index contributed by atoms with van der Waals surface area (Å²) in [6, 6.07) is 3.81. The van der Waals surface area contributed by atoms with Crippen molar-refractivity contribution >= 4 is 17.7 Å². The maximum absolute atomic E-state index is 15.2. The molecule has 120 valence electrons. The number of imide groups is 1. The number of nitrogens with zero attached hydrogens (tertiary/aromatic N) is 1. The van der Waals surface area contributed by atoms with E-state index in [9.17, 15) is 14.4 Å². The number of halogens is 1. The lowest BCUT2D eigenvalue weighted by Crippen LogP contribution is -2.60. The number of fused-ring (bicyclic) bond motifs is 3. The first-order valence-corrected chi connectivity index (χ1v) is 7.70. The fourth-order valence-corrected chi connectivity index (χ4v) is 3.61. The van der Waals surface area contributed by atoms with Gasteiger partial charge >= 0.3 is 0 Å². The van der Waals surface area contributed by atoms with Crippen LogP contribution in [0.1, 0.15) is 39.9 Å². The summed E-state index contributed by atoms with van der Waals surface area (Å²) in [5.74, 6) is -4.47. The predicted octanol–water partition coefficient (Wildman–Crippen LogP) is 0.390. The monoisotopic (exact) mass is 317 g/mol. The fraction of sp³-hybridized carbons (Fsp3) is 0.438. The van der Waals surface area contributed by atoms with Crippen LogP contribution in [0, 0.1) is 0 Å². The van der Waals surface area contributed by atoms with Crippen LogP contribution in [0.3, 0.4) is 0 Å². The molecule has 23 heavy (non-hydrogen) atoms. The summed E-state index contributed by atoms with van der Waals surface area (Å²) in [6.45, 7) is 1.48. The summed E-state index contributed by atoms with van der Waals surface area (Å²) in [4.78, 5) is 37.0. The molecule has 1 fully saturated rings. The number of alkyl halides is 1. The van der Waals surface area contributed by atoms with Gasteiger partial charge in [-0.25, -0.2) is 4.39 Å². The number of rotatable bonds is 1. The number of hydrogen-bond acceptors (Lipinski definition) is 4. The zero-order valence-corrected chi connectivity index (χ0v) is 12.4. The minimum atomic E-state index is -2.46. The van der Waals surface area contributed by atoms with Crippen LogP contribution in [0.15, 0.2) is 12.1 Å². The van der Waals surface area contributed by atoms with Crippen LogP contribution < -0.4 is 10.6 Å². The summed E-state index contributed by atoms with van der Waals surface area (Å²) in [5.41, 5.74) is 3.24. The third kappa shape index (κ3) is 1.99. The highest BCUT2D eigenvalue weighted by atomic mass is 19.1. The molecule has 3 heterocycles. The number of amides is 3. The Labute approximate surface area is 132 Å². The van der Waals surface area contributed by atoms with Crippen molar-refractivity contribution in [1.29, 1.82) is 0 Å². The highest BCUT2D eigenvalue weighted by Gasteiger charge is 2.53. The Balaban J connectivity index is 1.73. The van der Waals surface area contributed by atoms with Crippen molar-refractivity contribution in [3.63, 3.8) is 0 Å². The summed E-state index contributed by atoms with van der Waals surface area (Å²) in [7, 11) is 0. The van der Waals surface area contributed by atoms with Crippen molar-refractivity contribution in [1.82, 2.24) is 15.5 Å². The second kappa shape index (κ2) is 4.86. The normalized spacial score (nSPS) is 26.8. The molecular weight excluding hydrogens is 301 g/mol. The molecule has 4 rings (SSSR count). The average Bonchev–Trinajstić information content (AvgIpc) is 2.89. The van der Waals surface area contributed by atoms with Gasteiger partial charge in [0, 0.05) is 24.9 Å². The molecule has 0 saturated carbocycles. The van der Waals surface area contributed by atoms with E-state index >= 15 is 4.39 Å². The van der Waals surface area contributed by atoms with Crippen LogP contribution in [0.5, 0.6) is 0 Å². The van der Waals surface area contributed by atoms with Crippen LogP contribution in [0.2, 0.25) is 0 Å². The first kappa shape index (κ1) is 14.3. The SMILES string of the molecule is O=C1CCC(F)(N2Cc3ccc4c(c3C2=O)CNCC4)C(=O)N1. The van der Waals surface area contributed by atoms with Gasteiger partial charge < -0.3 is 5.32 Å². The highest BCUT2D eigenvalue weighted by Crippen LogP contribution is 2.37. The minimum absolute atomic E-state index is 0.0551. The van der Waals surface area contributed by atoms with Gasteiger partial charge in [-0.05, 0) is 29.7 Å². The van der Waals surface area contributed by atoms with Crippen molar-refractivity contribution < 1.29 is 18.8 Å². The van der Waals surface area contributed by atoms with Gasteiger partial charge in [0.2, 0.25) is 5.91 Å². The molecule has 7 heteroatoms. The summed E-state index contributed by atoms with van der Waals surface area (Å²) in [6.07, 6.45) is 0.422. The molecule has 1 aromatic rings. The molecule has 3 aliphatic rings. The summed E-state index contributed by atoms with van der Waals surface area (Å²) in [5, 5.41) is 5.22. The molecule has 6 nitrogen and oxygen atoms in total. The van der Waals surface area contributed by atoms with Crippen LogP contribution in [-0.2, 0) is 29.1 Å². The third-order valence-corrected chi connectivity index (χ3v) is 4.87. The van der Waals surface area contributed by atoms with Gasteiger partial charge in [0.1, 0.15) is 0 Å². The molecule has 0 aromatic heterocycles. The van der Waals surface area contributed by atoms with Crippen molar-refractivity contribution in [2.75, 3.05) is 6.54 Å². The maximum atomic E-state index is 15.2. The molecule has 3 aliphatic heterocycles. The van der Waals surface area contributed by atoms with Gasteiger partial charge in [0.25, 0.3) is 17.6 Å². The standard InChI is InChI=1S/C16H16FN3O3/c17-16(5-3-12(21)19-15(16)23)20-8-10-2-1-9-4-6-18-7-11(9)13(10)14(20)22/h1-2,18H,3-8H2,(H,19,21,23). The van der Waals surface area contributed by atoms with Crippen LogP contribution in [-0.4, -0.2) is 35.0 Å². The zero-order valence-electron chi connectivity index (χ0n) is 12.4.